The van der Waals surface area contributed by atoms with Gasteiger partial charge in [-0.15, -0.1) is 0 Å². The molecule has 5 rings (SSSR count). The van der Waals surface area contributed by atoms with Crippen molar-refractivity contribution in [2.75, 3.05) is 19.8 Å². The summed E-state index contributed by atoms with van der Waals surface area (Å²) in [6.07, 6.45) is 32.0. The average molecular weight is 607 g/mol. The van der Waals surface area contributed by atoms with E-state index in [1.165, 1.54) is 69.8 Å². The van der Waals surface area contributed by atoms with Gasteiger partial charge in [0.1, 0.15) is 0 Å². The van der Waals surface area contributed by atoms with Gasteiger partial charge in [-0.1, -0.05) is 67.0 Å². The van der Waals surface area contributed by atoms with Gasteiger partial charge in [-0.3, -0.25) is 0 Å². The van der Waals surface area contributed by atoms with Crippen molar-refractivity contribution >= 4 is 0 Å². The van der Waals surface area contributed by atoms with Crippen molar-refractivity contribution < 1.29 is 23.7 Å². The SMILES string of the molecule is C(=COC1CCCCO1)CCCCCC=C[C@@H]1[C@@H]2CC(CCCCCOCc3ccccc3)=C[C@@H]2C[C@H]1OC1CCCCO1. The highest BCUT2D eigenvalue weighted by Crippen LogP contribution is 2.49. The van der Waals surface area contributed by atoms with Crippen molar-refractivity contribution in [3.05, 3.63) is 72.0 Å². The molecule has 4 aliphatic rings. The van der Waals surface area contributed by atoms with Gasteiger partial charge in [0.05, 0.1) is 25.6 Å². The normalized spacial score (nSPS) is 29.0. The molecule has 2 saturated heterocycles. The fraction of sp³-hybridized carbons (Fsp3) is 0.692. The molecule has 0 N–H and O–H groups in total. The number of allylic oxidation sites excluding steroid dienone is 4. The zero-order valence-corrected chi connectivity index (χ0v) is 27.1. The van der Waals surface area contributed by atoms with Crippen LogP contribution in [0.25, 0.3) is 0 Å². The van der Waals surface area contributed by atoms with E-state index in [-0.39, 0.29) is 12.6 Å². The highest BCUT2D eigenvalue weighted by atomic mass is 16.7. The van der Waals surface area contributed by atoms with Crippen LogP contribution in [0.3, 0.4) is 0 Å². The van der Waals surface area contributed by atoms with E-state index in [1.807, 2.05) is 6.26 Å². The predicted octanol–water partition coefficient (Wildman–Crippen LogP) is 9.82. The Bertz CT molecular complexity index is 991. The van der Waals surface area contributed by atoms with Crippen molar-refractivity contribution in [3.63, 3.8) is 0 Å². The lowest BCUT2D eigenvalue weighted by molar-refractivity contribution is -0.192. The van der Waals surface area contributed by atoms with E-state index in [2.05, 4.69) is 54.6 Å². The Labute approximate surface area is 267 Å². The number of fused-ring (bicyclic) bond motifs is 1. The second-order valence-electron chi connectivity index (χ2n) is 13.4. The van der Waals surface area contributed by atoms with Gasteiger partial charge < -0.3 is 23.7 Å². The summed E-state index contributed by atoms with van der Waals surface area (Å²) in [5.74, 6) is 1.87. The van der Waals surface area contributed by atoms with Crippen LogP contribution in [0.1, 0.15) is 115 Å². The van der Waals surface area contributed by atoms with Crippen LogP contribution in [0.2, 0.25) is 0 Å². The molecule has 2 aliphatic heterocycles. The topological polar surface area (TPSA) is 46.2 Å². The lowest BCUT2D eigenvalue weighted by Gasteiger charge is -2.29. The molecular weight excluding hydrogens is 548 g/mol. The number of ether oxygens (including phenoxy) is 5. The van der Waals surface area contributed by atoms with Crippen LogP contribution in [0.5, 0.6) is 0 Å². The van der Waals surface area contributed by atoms with E-state index in [9.17, 15) is 0 Å². The van der Waals surface area contributed by atoms with Crippen LogP contribution in [0.15, 0.2) is 66.5 Å². The first kappa shape index (κ1) is 33.4. The summed E-state index contributed by atoms with van der Waals surface area (Å²) in [5, 5.41) is 0. The lowest BCUT2D eigenvalue weighted by atomic mass is 9.88. The molecule has 5 nitrogen and oxygen atoms in total. The Morgan fingerprint density at radius 1 is 0.795 bits per heavy atom. The first-order valence-corrected chi connectivity index (χ1v) is 18.0. The van der Waals surface area contributed by atoms with Crippen molar-refractivity contribution in [3.8, 4) is 0 Å². The molecule has 244 valence electrons. The van der Waals surface area contributed by atoms with Gasteiger partial charge in [-0.2, -0.15) is 0 Å². The van der Waals surface area contributed by atoms with Crippen LogP contribution in [-0.2, 0) is 30.3 Å². The summed E-state index contributed by atoms with van der Waals surface area (Å²) in [4.78, 5) is 0. The van der Waals surface area contributed by atoms with E-state index in [1.54, 1.807) is 5.57 Å². The molecule has 2 aliphatic carbocycles. The number of benzene rings is 1. The molecule has 6 atom stereocenters. The number of hydrogen-bond acceptors (Lipinski definition) is 5. The first-order valence-electron chi connectivity index (χ1n) is 18.0. The van der Waals surface area contributed by atoms with E-state index < -0.39 is 0 Å². The predicted molar refractivity (Wildman–Crippen MR) is 177 cm³/mol. The third-order valence-electron chi connectivity index (χ3n) is 9.85. The third-order valence-corrected chi connectivity index (χ3v) is 9.85. The van der Waals surface area contributed by atoms with E-state index in [0.29, 0.717) is 23.9 Å². The largest absolute Gasteiger partial charge is 0.473 e. The summed E-state index contributed by atoms with van der Waals surface area (Å²) in [6, 6.07) is 10.5. The minimum atomic E-state index is -0.0283. The van der Waals surface area contributed by atoms with Gasteiger partial charge in [0.2, 0.25) is 0 Å². The van der Waals surface area contributed by atoms with Crippen LogP contribution in [0.4, 0.5) is 0 Å². The Morgan fingerprint density at radius 3 is 2.36 bits per heavy atom. The number of unbranched alkanes of at least 4 members (excludes halogenated alkanes) is 6. The quantitative estimate of drug-likeness (QED) is 0.0891. The summed E-state index contributed by atoms with van der Waals surface area (Å²) >= 11 is 0. The highest BCUT2D eigenvalue weighted by molar-refractivity contribution is 5.21. The number of hydrogen-bond donors (Lipinski definition) is 0. The average Bonchev–Trinajstić information content (AvgIpc) is 3.60. The van der Waals surface area contributed by atoms with Gasteiger partial charge in [-0.05, 0) is 113 Å². The Morgan fingerprint density at radius 2 is 1.57 bits per heavy atom. The summed E-state index contributed by atoms with van der Waals surface area (Å²) in [5.41, 5.74) is 2.94. The van der Waals surface area contributed by atoms with Gasteiger partial charge in [-0.25, -0.2) is 0 Å². The molecule has 0 spiro atoms. The summed E-state index contributed by atoms with van der Waals surface area (Å²) in [6.45, 7) is 3.26. The maximum Gasteiger partial charge on any atom is 0.198 e. The lowest BCUT2D eigenvalue weighted by Crippen LogP contribution is -2.30. The highest BCUT2D eigenvalue weighted by Gasteiger charge is 2.45. The molecule has 0 aromatic heterocycles. The molecule has 5 heteroatoms. The minimum Gasteiger partial charge on any atom is -0.473 e. The summed E-state index contributed by atoms with van der Waals surface area (Å²) in [7, 11) is 0. The standard InChI is InChI=1S/C39H58O5/c1(3-5-15-25-41-38-22-12-16-26-42-38)2-4-11-21-35-36-29-33(20-10-7-14-24-40-31-32-18-8-6-9-19-32)28-34(36)30-37(35)44-39-23-13-17-27-43-39/h6,8-9,11,15,18-19,21,25,28,34-39H,1-5,7,10,12-14,16-17,20,22-24,26-27,29-31H2/t34-,35-,36-,37-,38?,39?/m1/s1. The molecule has 0 bridgehead atoms. The monoisotopic (exact) mass is 606 g/mol. The fourth-order valence-electron chi connectivity index (χ4n) is 7.41. The minimum absolute atomic E-state index is 0.00209. The van der Waals surface area contributed by atoms with Gasteiger partial charge >= 0.3 is 0 Å². The fourth-order valence-corrected chi connectivity index (χ4v) is 7.41. The number of rotatable bonds is 19. The molecule has 2 heterocycles. The van der Waals surface area contributed by atoms with E-state index in [4.69, 9.17) is 23.7 Å². The van der Waals surface area contributed by atoms with Crippen LogP contribution in [-0.4, -0.2) is 38.5 Å². The third kappa shape index (κ3) is 11.5. The first-order chi connectivity index (χ1) is 21.8. The van der Waals surface area contributed by atoms with E-state index >= 15 is 0 Å². The molecule has 3 fully saturated rings. The van der Waals surface area contributed by atoms with Crippen LogP contribution < -0.4 is 0 Å². The molecular formula is C39H58O5. The van der Waals surface area contributed by atoms with Crippen LogP contribution in [0, 0.1) is 17.8 Å². The molecule has 1 saturated carbocycles. The van der Waals surface area contributed by atoms with Gasteiger partial charge in [0, 0.05) is 25.6 Å². The second-order valence-corrected chi connectivity index (χ2v) is 13.4. The Kier molecular flexibility index (Phi) is 14.9. The second kappa shape index (κ2) is 19.6. The molecule has 1 aromatic rings. The molecule has 0 radical (unpaired) electrons. The Hall–Kier alpha value is -1.92. The van der Waals surface area contributed by atoms with Crippen LogP contribution >= 0.6 is 0 Å². The van der Waals surface area contributed by atoms with E-state index in [0.717, 1.165) is 71.4 Å². The smallest absolute Gasteiger partial charge is 0.198 e. The van der Waals surface area contributed by atoms with Crippen molar-refractivity contribution in [2.45, 2.75) is 134 Å². The molecule has 44 heavy (non-hydrogen) atoms. The zero-order valence-electron chi connectivity index (χ0n) is 27.1. The maximum atomic E-state index is 6.64. The van der Waals surface area contributed by atoms with Gasteiger partial charge in [0.15, 0.2) is 12.6 Å². The van der Waals surface area contributed by atoms with Crippen molar-refractivity contribution in [2.24, 2.45) is 17.8 Å². The molecule has 2 unspecified atom stereocenters. The Balaban J connectivity index is 0.985. The molecule has 0 amide bonds. The zero-order chi connectivity index (χ0) is 30.1. The van der Waals surface area contributed by atoms with Crippen molar-refractivity contribution in [1.82, 2.24) is 0 Å². The van der Waals surface area contributed by atoms with Crippen molar-refractivity contribution in [1.29, 1.82) is 0 Å². The van der Waals surface area contributed by atoms with Gasteiger partial charge in [0.25, 0.3) is 0 Å². The molecule has 1 aromatic carbocycles. The maximum absolute atomic E-state index is 6.64. The summed E-state index contributed by atoms with van der Waals surface area (Å²) < 4.78 is 29.8.